The summed E-state index contributed by atoms with van der Waals surface area (Å²) in [7, 11) is 0. The molecule has 3 nitrogen and oxygen atoms in total. The van der Waals surface area contributed by atoms with Crippen LogP contribution >= 0.6 is 0 Å². The molecular formula is C15H19NO2. The number of carbonyl (C=O) groups excluding carboxylic acids is 1. The summed E-state index contributed by atoms with van der Waals surface area (Å²) in [6.07, 6.45) is 1.85. The van der Waals surface area contributed by atoms with Gasteiger partial charge in [-0.05, 0) is 32.4 Å². The van der Waals surface area contributed by atoms with Crippen molar-refractivity contribution in [3.8, 4) is 0 Å². The van der Waals surface area contributed by atoms with Crippen LogP contribution < -0.4 is 0 Å². The van der Waals surface area contributed by atoms with Crippen LogP contribution in [0.3, 0.4) is 0 Å². The number of morpholine rings is 1. The zero-order chi connectivity index (χ0) is 13.1. The Bertz CT molecular complexity index is 451. The zero-order valence-corrected chi connectivity index (χ0v) is 11.1. The Labute approximate surface area is 108 Å². The highest BCUT2D eigenvalue weighted by Crippen LogP contribution is 2.20. The van der Waals surface area contributed by atoms with Gasteiger partial charge in [-0.25, -0.2) is 0 Å². The molecule has 1 aliphatic heterocycles. The van der Waals surface area contributed by atoms with Crippen LogP contribution in [0.25, 0.3) is 6.08 Å². The van der Waals surface area contributed by atoms with Gasteiger partial charge in [-0.3, -0.25) is 4.79 Å². The van der Waals surface area contributed by atoms with Crippen molar-refractivity contribution in [2.45, 2.75) is 32.9 Å². The lowest BCUT2D eigenvalue weighted by Gasteiger charge is -2.35. The summed E-state index contributed by atoms with van der Waals surface area (Å²) < 4.78 is 5.65. The maximum Gasteiger partial charge on any atom is 0.289 e. The fraction of sp³-hybridized carbons (Fsp3) is 0.400. The number of carbonyl (C=O) groups is 1. The first-order valence-corrected chi connectivity index (χ1v) is 6.32. The van der Waals surface area contributed by atoms with Gasteiger partial charge in [0.1, 0.15) is 6.10 Å². The van der Waals surface area contributed by atoms with Crippen LogP contribution in [0.2, 0.25) is 0 Å². The van der Waals surface area contributed by atoms with E-state index in [0.717, 1.165) is 5.56 Å². The molecule has 0 spiro atoms. The van der Waals surface area contributed by atoms with E-state index in [0.29, 0.717) is 12.3 Å². The first-order valence-electron chi connectivity index (χ1n) is 6.32. The van der Waals surface area contributed by atoms with Gasteiger partial charge in [0.2, 0.25) is 0 Å². The third-order valence-electron chi connectivity index (χ3n) is 2.97. The van der Waals surface area contributed by atoms with E-state index < -0.39 is 0 Å². The maximum atomic E-state index is 12.2. The first kappa shape index (κ1) is 12.7. The van der Waals surface area contributed by atoms with Gasteiger partial charge >= 0.3 is 0 Å². The van der Waals surface area contributed by atoms with E-state index >= 15 is 0 Å². The largest absolute Gasteiger partial charge is 0.483 e. The standard InChI is InChI=1S/C15H19NO2/c1-11(2)16-10-12(3)18-14(15(16)17)9-13-7-5-4-6-8-13/h4-9,11-12H,10H2,1-3H3. The molecule has 0 saturated carbocycles. The number of nitrogens with zero attached hydrogens (tertiary/aromatic N) is 1. The molecule has 0 aliphatic carbocycles. The summed E-state index contributed by atoms with van der Waals surface area (Å²) in [5, 5.41) is 0. The summed E-state index contributed by atoms with van der Waals surface area (Å²) in [6.45, 7) is 6.69. The van der Waals surface area contributed by atoms with Crippen LogP contribution in [0.4, 0.5) is 0 Å². The number of rotatable bonds is 2. The Morgan fingerprint density at radius 3 is 2.61 bits per heavy atom. The molecule has 0 aromatic heterocycles. The third kappa shape index (κ3) is 2.73. The highest BCUT2D eigenvalue weighted by atomic mass is 16.5. The molecule has 1 saturated heterocycles. The number of ether oxygens (including phenoxy) is 1. The molecule has 2 rings (SSSR count). The van der Waals surface area contributed by atoms with Crippen LogP contribution in [0.15, 0.2) is 36.1 Å². The van der Waals surface area contributed by atoms with Gasteiger partial charge in [-0.2, -0.15) is 0 Å². The molecule has 0 N–H and O–H groups in total. The predicted octanol–water partition coefficient (Wildman–Crippen LogP) is 2.68. The molecule has 1 amide bonds. The van der Waals surface area contributed by atoms with Gasteiger partial charge in [0.15, 0.2) is 5.76 Å². The zero-order valence-electron chi connectivity index (χ0n) is 11.1. The van der Waals surface area contributed by atoms with Gasteiger partial charge < -0.3 is 9.64 Å². The SMILES string of the molecule is CC1CN(C(C)C)C(=O)C(=Cc2ccccc2)O1. The minimum Gasteiger partial charge on any atom is -0.483 e. The molecule has 1 fully saturated rings. The number of amides is 1. The van der Waals surface area contributed by atoms with Gasteiger partial charge in [-0.15, -0.1) is 0 Å². The molecule has 1 heterocycles. The van der Waals surface area contributed by atoms with Crippen LogP contribution in [-0.4, -0.2) is 29.5 Å². The molecule has 1 aromatic rings. The molecule has 18 heavy (non-hydrogen) atoms. The van der Waals surface area contributed by atoms with E-state index in [4.69, 9.17) is 4.74 Å². The molecule has 1 aromatic carbocycles. The van der Waals surface area contributed by atoms with Crippen LogP contribution in [0, 0.1) is 0 Å². The normalized spacial score (nSPS) is 22.4. The second-order valence-corrected chi connectivity index (χ2v) is 4.90. The van der Waals surface area contributed by atoms with Gasteiger partial charge in [0.05, 0.1) is 6.54 Å². The van der Waals surface area contributed by atoms with E-state index in [1.54, 1.807) is 0 Å². The Kier molecular flexibility index (Phi) is 3.70. The summed E-state index contributed by atoms with van der Waals surface area (Å²) in [5.41, 5.74) is 0.985. The van der Waals surface area contributed by atoms with Crippen LogP contribution in [0.5, 0.6) is 0 Å². The van der Waals surface area contributed by atoms with Crippen LogP contribution in [-0.2, 0) is 9.53 Å². The predicted molar refractivity (Wildman–Crippen MR) is 71.8 cm³/mol. The number of benzene rings is 1. The smallest absolute Gasteiger partial charge is 0.289 e. The second kappa shape index (κ2) is 5.25. The van der Waals surface area contributed by atoms with Crippen molar-refractivity contribution in [1.29, 1.82) is 0 Å². The Morgan fingerprint density at radius 2 is 2.00 bits per heavy atom. The fourth-order valence-electron chi connectivity index (χ4n) is 2.05. The van der Waals surface area contributed by atoms with E-state index in [2.05, 4.69) is 0 Å². The highest BCUT2D eigenvalue weighted by molar-refractivity contribution is 5.96. The highest BCUT2D eigenvalue weighted by Gasteiger charge is 2.30. The minimum atomic E-state index is -0.0213. The fourth-order valence-corrected chi connectivity index (χ4v) is 2.05. The monoisotopic (exact) mass is 245 g/mol. The van der Waals surface area contributed by atoms with Crippen molar-refractivity contribution < 1.29 is 9.53 Å². The minimum absolute atomic E-state index is 0.0213. The molecule has 96 valence electrons. The summed E-state index contributed by atoms with van der Waals surface area (Å²) in [5.74, 6) is 0.417. The Balaban J connectivity index is 2.26. The van der Waals surface area contributed by atoms with Crippen molar-refractivity contribution in [3.63, 3.8) is 0 Å². The molecular weight excluding hydrogens is 226 g/mol. The van der Waals surface area contributed by atoms with Crippen molar-refractivity contribution in [2.24, 2.45) is 0 Å². The lowest BCUT2D eigenvalue weighted by molar-refractivity contribution is -0.140. The van der Waals surface area contributed by atoms with Gasteiger partial charge in [0, 0.05) is 6.04 Å². The molecule has 0 bridgehead atoms. The quantitative estimate of drug-likeness (QED) is 0.750. The topological polar surface area (TPSA) is 29.5 Å². The average Bonchev–Trinajstić information content (AvgIpc) is 2.34. The molecule has 1 unspecified atom stereocenters. The molecule has 3 heteroatoms. The van der Waals surface area contributed by atoms with Crippen molar-refractivity contribution >= 4 is 12.0 Å². The van der Waals surface area contributed by atoms with Crippen LogP contribution in [0.1, 0.15) is 26.3 Å². The van der Waals surface area contributed by atoms with E-state index in [1.165, 1.54) is 0 Å². The second-order valence-electron chi connectivity index (χ2n) is 4.90. The lowest BCUT2D eigenvalue weighted by atomic mass is 10.1. The van der Waals surface area contributed by atoms with E-state index in [-0.39, 0.29) is 18.1 Å². The Morgan fingerprint density at radius 1 is 1.33 bits per heavy atom. The summed E-state index contributed by atoms with van der Waals surface area (Å²) >= 11 is 0. The molecule has 0 radical (unpaired) electrons. The van der Waals surface area contributed by atoms with Gasteiger partial charge in [-0.1, -0.05) is 30.3 Å². The van der Waals surface area contributed by atoms with E-state index in [1.807, 2.05) is 62.1 Å². The first-order chi connectivity index (χ1) is 8.58. The number of hydrogen-bond donors (Lipinski definition) is 0. The van der Waals surface area contributed by atoms with E-state index in [9.17, 15) is 4.79 Å². The van der Waals surface area contributed by atoms with Crippen molar-refractivity contribution in [2.75, 3.05) is 6.54 Å². The third-order valence-corrected chi connectivity index (χ3v) is 2.97. The van der Waals surface area contributed by atoms with Gasteiger partial charge in [0.25, 0.3) is 5.91 Å². The molecule has 1 atom stereocenters. The summed E-state index contributed by atoms with van der Waals surface area (Å²) in [4.78, 5) is 14.1. The lowest BCUT2D eigenvalue weighted by Crippen LogP contribution is -2.47. The van der Waals surface area contributed by atoms with Crippen molar-refractivity contribution in [1.82, 2.24) is 4.90 Å². The van der Waals surface area contributed by atoms with Crippen molar-refractivity contribution in [3.05, 3.63) is 41.7 Å². The Hall–Kier alpha value is -1.77. The number of hydrogen-bond acceptors (Lipinski definition) is 2. The maximum absolute atomic E-state index is 12.2. The summed E-state index contributed by atoms with van der Waals surface area (Å²) in [6, 6.07) is 9.97. The average molecular weight is 245 g/mol. The molecule has 1 aliphatic rings.